The Labute approximate surface area is 212 Å². The number of hydrogen-bond donors (Lipinski definition) is 2. The van der Waals surface area contributed by atoms with E-state index in [1.807, 2.05) is 44.2 Å². The van der Waals surface area contributed by atoms with Gasteiger partial charge >= 0.3 is 5.97 Å². The summed E-state index contributed by atoms with van der Waals surface area (Å²) in [5.74, 6) is -1.47. The number of amides is 2. The lowest BCUT2D eigenvalue weighted by Gasteiger charge is -2.24. The van der Waals surface area contributed by atoms with Crippen LogP contribution in [0.5, 0.6) is 0 Å². The number of rotatable bonds is 10. The third kappa shape index (κ3) is 7.61. The Hall–Kier alpha value is -3.27. The number of carbonyl (C=O) groups is 3. The second-order valence-electron chi connectivity index (χ2n) is 9.44. The number of nitrogens with one attached hydrogen (secondary N) is 2. The number of benzene rings is 1. The van der Waals surface area contributed by atoms with Gasteiger partial charge in [0.05, 0.1) is 12.9 Å². The van der Waals surface area contributed by atoms with Crippen LogP contribution in [0.4, 0.5) is 0 Å². The summed E-state index contributed by atoms with van der Waals surface area (Å²) in [5.41, 5.74) is 2.68. The smallest absolute Gasteiger partial charge is 0.328 e. The monoisotopic (exact) mass is 515 g/mol. The maximum atomic E-state index is 13.3. The number of methoxy groups -OCH3 is 1. The predicted octanol–water partition coefficient (Wildman–Crippen LogP) is 2.40. The Morgan fingerprint density at radius 3 is 2.58 bits per heavy atom. The number of allylic oxidation sites excluding steroid dienone is 2. The van der Waals surface area contributed by atoms with Gasteiger partial charge in [-0.2, -0.15) is 0 Å². The highest BCUT2D eigenvalue weighted by molar-refractivity contribution is 8.04. The minimum Gasteiger partial charge on any atom is -0.467 e. The molecule has 2 amide bonds. The molecule has 1 unspecified atom stereocenters. The average Bonchev–Trinajstić information content (AvgIpc) is 3.27. The molecule has 1 fully saturated rings. The van der Waals surface area contributed by atoms with E-state index in [2.05, 4.69) is 15.6 Å². The highest BCUT2D eigenvalue weighted by atomic mass is 32.2. The van der Waals surface area contributed by atoms with Crippen LogP contribution in [-0.4, -0.2) is 56.8 Å². The first-order valence-electron chi connectivity index (χ1n) is 12.0. The van der Waals surface area contributed by atoms with Crippen LogP contribution >= 0.6 is 0 Å². The van der Waals surface area contributed by atoms with Crippen LogP contribution in [0, 0.1) is 11.8 Å². The summed E-state index contributed by atoms with van der Waals surface area (Å²) in [6.45, 7) is 3.90. The first-order chi connectivity index (χ1) is 17.1. The van der Waals surface area contributed by atoms with Gasteiger partial charge in [0.1, 0.15) is 17.8 Å². The van der Waals surface area contributed by atoms with E-state index in [1.165, 1.54) is 7.11 Å². The van der Waals surface area contributed by atoms with Gasteiger partial charge in [0.2, 0.25) is 5.91 Å². The maximum Gasteiger partial charge on any atom is 0.328 e. The molecule has 0 aromatic heterocycles. The third-order valence-corrected chi connectivity index (χ3v) is 7.30. The summed E-state index contributed by atoms with van der Waals surface area (Å²) in [6.07, 6.45) is 4.56. The van der Waals surface area contributed by atoms with Crippen molar-refractivity contribution >= 4 is 38.7 Å². The van der Waals surface area contributed by atoms with Crippen molar-refractivity contribution in [2.75, 3.05) is 12.9 Å². The summed E-state index contributed by atoms with van der Waals surface area (Å²) in [7, 11) is -2.37. The Kier molecular flexibility index (Phi) is 9.19. The topological polar surface area (TPSA) is 131 Å². The van der Waals surface area contributed by atoms with Crippen molar-refractivity contribution in [2.45, 2.75) is 51.7 Å². The highest BCUT2D eigenvalue weighted by Gasteiger charge is 2.29. The number of hydrogen-bond acceptors (Lipinski definition) is 7. The van der Waals surface area contributed by atoms with Gasteiger partial charge in [0, 0.05) is 12.0 Å². The van der Waals surface area contributed by atoms with E-state index in [4.69, 9.17) is 4.74 Å². The number of sulfone groups is 1. The van der Waals surface area contributed by atoms with Gasteiger partial charge in [-0.1, -0.05) is 56.3 Å². The second-order valence-corrected chi connectivity index (χ2v) is 11.3. The second kappa shape index (κ2) is 12.1. The molecule has 0 radical (unpaired) electrons. The molecule has 10 heteroatoms. The number of nitrogens with zero attached hydrogens (tertiary/aromatic N) is 1. The van der Waals surface area contributed by atoms with Crippen LogP contribution in [0.3, 0.4) is 0 Å². The number of ether oxygens (including phenoxy) is 1. The Morgan fingerprint density at radius 1 is 1.25 bits per heavy atom. The molecular formula is C26H33N3O6S. The molecule has 1 aliphatic carbocycles. The molecule has 1 aromatic rings. The lowest BCUT2D eigenvalue weighted by atomic mass is 9.86. The van der Waals surface area contributed by atoms with Gasteiger partial charge in [-0.15, -0.1) is 0 Å². The van der Waals surface area contributed by atoms with Gasteiger partial charge in [-0.3, -0.25) is 14.6 Å². The van der Waals surface area contributed by atoms with Gasteiger partial charge in [-0.05, 0) is 42.2 Å². The lowest BCUT2D eigenvalue weighted by molar-refractivity contribution is -0.145. The zero-order valence-electron chi connectivity index (χ0n) is 20.8. The largest absolute Gasteiger partial charge is 0.467 e. The molecule has 3 atom stereocenters. The number of aliphatic imine (C=N–C) groups is 1. The van der Waals surface area contributed by atoms with E-state index in [0.29, 0.717) is 36.8 Å². The summed E-state index contributed by atoms with van der Waals surface area (Å²) in [5, 5.41) is 5.41. The molecule has 2 N–H and O–H groups in total. The van der Waals surface area contributed by atoms with Crippen molar-refractivity contribution in [3.63, 3.8) is 0 Å². The molecule has 0 bridgehead atoms. The fourth-order valence-corrected chi connectivity index (χ4v) is 5.50. The van der Waals surface area contributed by atoms with E-state index in [9.17, 15) is 22.8 Å². The molecule has 0 saturated carbocycles. The SMILES string of the molecule is COC(=O)[C@H](CC(C)C)NC(=O)C1=CCC(CS(=O)(=O)C=N[C@H]2CCC(=O)N2)C=C1c1ccccc1. The van der Waals surface area contributed by atoms with Crippen molar-refractivity contribution < 1.29 is 27.5 Å². The van der Waals surface area contributed by atoms with Crippen LogP contribution in [-0.2, 0) is 29.0 Å². The highest BCUT2D eigenvalue weighted by Crippen LogP contribution is 2.32. The zero-order chi connectivity index (χ0) is 26.3. The first-order valence-corrected chi connectivity index (χ1v) is 13.7. The van der Waals surface area contributed by atoms with Crippen molar-refractivity contribution in [2.24, 2.45) is 16.8 Å². The van der Waals surface area contributed by atoms with Crippen molar-refractivity contribution in [1.82, 2.24) is 10.6 Å². The molecule has 36 heavy (non-hydrogen) atoms. The summed E-state index contributed by atoms with van der Waals surface area (Å²) in [4.78, 5) is 40.8. The lowest BCUT2D eigenvalue weighted by Crippen LogP contribution is -2.43. The maximum absolute atomic E-state index is 13.3. The fraction of sp³-hybridized carbons (Fsp3) is 0.462. The summed E-state index contributed by atoms with van der Waals surface area (Å²) < 4.78 is 30.3. The molecule has 1 heterocycles. The van der Waals surface area contributed by atoms with E-state index < -0.39 is 33.9 Å². The van der Waals surface area contributed by atoms with Crippen molar-refractivity contribution in [3.8, 4) is 0 Å². The van der Waals surface area contributed by atoms with Gasteiger partial charge in [0.15, 0.2) is 9.84 Å². The van der Waals surface area contributed by atoms with Crippen LogP contribution in [0.1, 0.15) is 45.1 Å². The Balaban J connectivity index is 1.80. The van der Waals surface area contributed by atoms with Crippen LogP contribution in [0.15, 0.2) is 53.0 Å². The minimum absolute atomic E-state index is 0.143. The fourth-order valence-electron chi connectivity index (χ4n) is 4.25. The van der Waals surface area contributed by atoms with Gasteiger partial charge < -0.3 is 15.4 Å². The molecule has 1 aromatic carbocycles. The number of carbonyl (C=O) groups excluding carboxylic acids is 3. The van der Waals surface area contributed by atoms with Gasteiger partial charge in [0.25, 0.3) is 5.91 Å². The van der Waals surface area contributed by atoms with E-state index in [1.54, 1.807) is 12.2 Å². The quantitative estimate of drug-likeness (QED) is 0.280. The molecule has 1 aliphatic heterocycles. The molecule has 2 aliphatic rings. The molecule has 1 saturated heterocycles. The first kappa shape index (κ1) is 27.3. The van der Waals surface area contributed by atoms with Crippen molar-refractivity contribution in [3.05, 3.63) is 53.6 Å². The molecule has 9 nitrogen and oxygen atoms in total. The number of esters is 1. The van der Waals surface area contributed by atoms with E-state index in [-0.39, 0.29) is 23.5 Å². The van der Waals surface area contributed by atoms with Crippen molar-refractivity contribution in [1.29, 1.82) is 0 Å². The van der Waals surface area contributed by atoms with E-state index in [0.717, 1.165) is 11.1 Å². The molecule has 0 spiro atoms. The molecule has 3 rings (SSSR count). The normalized spacial score (nSPS) is 21.1. The van der Waals surface area contributed by atoms with Crippen LogP contribution < -0.4 is 10.6 Å². The molecule has 194 valence electrons. The predicted molar refractivity (Wildman–Crippen MR) is 137 cm³/mol. The molecular weight excluding hydrogens is 482 g/mol. The summed E-state index contributed by atoms with van der Waals surface area (Å²) in [6, 6.07) is 8.44. The van der Waals surface area contributed by atoms with E-state index >= 15 is 0 Å². The Morgan fingerprint density at radius 2 is 1.97 bits per heavy atom. The summed E-state index contributed by atoms with van der Waals surface area (Å²) >= 11 is 0. The minimum atomic E-state index is -3.66. The van der Waals surface area contributed by atoms with Crippen LogP contribution in [0.2, 0.25) is 0 Å². The average molecular weight is 516 g/mol. The standard InChI is InChI=1S/C26H33N3O6S/c1-17(2)13-22(26(32)35-3)28-25(31)20-10-9-18(14-21(20)19-7-5-4-6-8-19)15-36(33,34)16-27-23-11-12-24(30)29-23/h4-8,10,14,16-18,22-23H,9,11-13,15H2,1-3H3,(H,28,31)(H,29,30)/t18?,22-,23+/m0/s1. The van der Waals surface area contributed by atoms with Gasteiger partial charge in [-0.25, -0.2) is 13.2 Å². The zero-order valence-corrected chi connectivity index (χ0v) is 21.6. The van der Waals surface area contributed by atoms with Crippen LogP contribution in [0.25, 0.3) is 5.57 Å². The third-order valence-electron chi connectivity index (χ3n) is 5.97. The Bertz CT molecular complexity index is 1170.